The van der Waals surface area contributed by atoms with E-state index >= 15 is 0 Å². The summed E-state index contributed by atoms with van der Waals surface area (Å²) >= 11 is 0. The first-order chi connectivity index (χ1) is 13.4. The predicted molar refractivity (Wildman–Crippen MR) is 69.5 cm³/mol. The van der Waals surface area contributed by atoms with Gasteiger partial charge in [0.1, 0.15) is 0 Å². The average Bonchev–Trinajstić information content (AvgIpc) is 2.60. The summed E-state index contributed by atoms with van der Waals surface area (Å²) in [5.74, 6) is -47.7. The van der Waals surface area contributed by atoms with Crippen LogP contribution in [0.3, 0.4) is 0 Å². The number of halogens is 15. The molecule has 0 aliphatic heterocycles. The van der Waals surface area contributed by atoms with Crippen LogP contribution in [0.1, 0.15) is 12.5 Å². The molecule has 17 heteroatoms. The van der Waals surface area contributed by atoms with E-state index in [1.807, 2.05) is 0 Å². The average molecular weight is 491 g/mol. The molecule has 180 valence electrons. The Bertz CT molecular complexity index is 785. The molecule has 0 fully saturated rings. The highest BCUT2D eigenvalue weighted by atomic mass is 19.4. The van der Waals surface area contributed by atoms with E-state index in [9.17, 15) is 71.0 Å². The third-order valence-electron chi connectivity index (χ3n) is 4.16. The number of nitrogens with zero attached hydrogens (tertiary/aromatic N) is 1. The molecule has 1 aromatic heterocycles. The standard InChI is InChI=1S/C14H8F15NO/c1-7(31,6-3-2-4-30-5-6)8(15,16)9(17,18)10(19,20)11(21,22)12(23,24)13(25,26)14(27,28)29/h2-5,31H,1H3. The van der Waals surface area contributed by atoms with Gasteiger partial charge in [-0.15, -0.1) is 0 Å². The molecule has 1 atom stereocenters. The third-order valence-corrected chi connectivity index (χ3v) is 4.16. The number of alkyl halides is 15. The summed E-state index contributed by atoms with van der Waals surface area (Å²) in [5.41, 5.74) is -6.03. The zero-order chi connectivity index (χ0) is 25.1. The second-order valence-electron chi connectivity index (χ2n) is 6.26. The van der Waals surface area contributed by atoms with Crippen LogP contribution >= 0.6 is 0 Å². The number of aliphatic hydroxyl groups is 1. The van der Waals surface area contributed by atoms with Crippen molar-refractivity contribution < 1.29 is 71.0 Å². The molecule has 2 nitrogen and oxygen atoms in total. The van der Waals surface area contributed by atoms with Crippen molar-refractivity contribution in [2.45, 2.75) is 54.2 Å². The molecule has 0 amide bonds. The minimum atomic E-state index is -8.41. The lowest BCUT2D eigenvalue weighted by atomic mass is 9.81. The Morgan fingerprint density at radius 1 is 0.613 bits per heavy atom. The fourth-order valence-corrected chi connectivity index (χ4v) is 2.10. The van der Waals surface area contributed by atoms with Crippen molar-refractivity contribution in [1.82, 2.24) is 4.98 Å². The van der Waals surface area contributed by atoms with E-state index in [0.717, 1.165) is 6.20 Å². The highest BCUT2D eigenvalue weighted by Crippen LogP contribution is 2.64. The largest absolute Gasteiger partial charge is 0.460 e. The first-order valence-electron chi connectivity index (χ1n) is 7.32. The molecule has 0 aromatic carbocycles. The third kappa shape index (κ3) is 3.38. The van der Waals surface area contributed by atoms with Gasteiger partial charge in [0.05, 0.1) is 0 Å². The topological polar surface area (TPSA) is 33.1 Å². The van der Waals surface area contributed by atoms with Gasteiger partial charge in [0.15, 0.2) is 5.60 Å². The zero-order valence-electron chi connectivity index (χ0n) is 14.4. The summed E-state index contributed by atoms with van der Waals surface area (Å²) in [6.45, 7) is -0.366. The number of hydrogen-bond acceptors (Lipinski definition) is 2. The second-order valence-corrected chi connectivity index (χ2v) is 6.26. The lowest BCUT2D eigenvalue weighted by molar-refractivity contribution is -0.459. The summed E-state index contributed by atoms with van der Waals surface area (Å²) in [6.07, 6.45) is -6.75. The lowest BCUT2D eigenvalue weighted by Crippen LogP contribution is -2.74. The van der Waals surface area contributed by atoms with Crippen molar-refractivity contribution in [2.75, 3.05) is 0 Å². The van der Waals surface area contributed by atoms with Gasteiger partial charge in [-0.3, -0.25) is 4.98 Å². The van der Waals surface area contributed by atoms with E-state index in [4.69, 9.17) is 0 Å². The molecule has 0 saturated carbocycles. The molecule has 1 aromatic rings. The maximum atomic E-state index is 14.1. The zero-order valence-corrected chi connectivity index (χ0v) is 14.4. The van der Waals surface area contributed by atoms with E-state index in [0.29, 0.717) is 12.1 Å². The SMILES string of the molecule is CC(O)(c1cccnc1)C(F)(F)C(F)(F)C(F)(F)C(F)(F)C(F)(F)C(F)(F)C(F)(F)F. The van der Waals surface area contributed by atoms with Crippen LogP contribution in [0.25, 0.3) is 0 Å². The van der Waals surface area contributed by atoms with Crippen molar-refractivity contribution in [1.29, 1.82) is 0 Å². The van der Waals surface area contributed by atoms with Crippen LogP contribution in [0.5, 0.6) is 0 Å². The van der Waals surface area contributed by atoms with E-state index in [1.165, 1.54) is 0 Å². The Hall–Kier alpha value is -1.94. The van der Waals surface area contributed by atoms with Crippen LogP contribution in [0.2, 0.25) is 0 Å². The summed E-state index contributed by atoms with van der Waals surface area (Å²) in [6, 6.07) is 0.989. The molecular weight excluding hydrogens is 483 g/mol. The van der Waals surface area contributed by atoms with Gasteiger partial charge >= 0.3 is 41.7 Å². The van der Waals surface area contributed by atoms with Gasteiger partial charge < -0.3 is 5.11 Å². The van der Waals surface area contributed by atoms with Crippen molar-refractivity contribution in [3.63, 3.8) is 0 Å². The smallest absolute Gasteiger partial charge is 0.379 e. The Kier molecular flexibility index (Phi) is 6.14. The van der Waals surface area contributed by atoms with Gasteiger partial charge in [-0.2, -0.15) is 65.9 Å². The van der Waals surface area contributed by atoms with Gasteiger partial charge in [0.2, 0.25) is 0 Å². The summed E-state index contributed by atoms with van der Waals surface area (Å²) in [7, 11) is 0. The number of rotatable bonds is 7. The molecule has 31 heavy (non-hydrogen) atoms. The van der Waals surface area contributed by atoms with Crippen LogP contribution in [0.4, 0.5) is 65.9 Å². The normalized spacial score (nSPS) is 17.5. The van der Waals surface area contributed by atoms with Gasteiger partial charge in [-0.25, -0.2) is 0 Å². The Morgan fingerprint density at radius 2 is 0.968 bits per heavy atom. The second kappa shape index (κ2) is 7.03. The van der Waals surface area contributed by atoms with Crippen LogP contribution in [-0.2, 0) is 5.60 Å². The molecule has 0 aliphatic rings. The summed E-state index contributed by atoms with van der Waals surface area (Å²) in [4.78, 5) is 3.04. The Morgan fingerprint density at radius 3 is 1.29 bits per heavy atom. The molecular formula is C14H8F15NO. The quantitative estimate of drug-likeness (QED) is 0.500. The first kappa shape index (κ1) is 27.1. The predicted octanol–water partition coefficient (Wildman–Crippen LogP) is 5.66. The van der Waals surface area contributed by atoms with Crippen molar-refractivity contribution in [2.24, 2.45) is 0 Å². The maximum absolute atomic E-state index is 14.1. The Labute approximate surface area is 161 Å². The van der Waals surface area contributed by atoms with E-state index in [-0.39, 0.29) is 13.1 Å². The molecule has 1 rings (SSSR count). The highest BCUT2D eigenvalue weighted by Gasteiger charge is 2.94. The molecule has 1 N–H and O–H groups in total. The minimum Gasteiger partial charge on any atom is -0.379 e. The maximum Gasteiger partial charge on any atom is 0.460 e. The molecule has 1 heterocycles. The van der Waals surface area contributed by atoms with Gasteiger partial charge in [0, 0.05) is 18.0 Å². The molecule has 0 radical (unpaired) electrons. The first-order valence-corrected chi connectivity index (χ1v) is 7.32. The summed E-state index contributed by atoms with van der Waals surface area (Å²) in [5, 5.41) is 9.61. The van der Waals surface area contributed by atoms with Crippen molar-refractivity contribution in [3.8, 4) is 0 Å². The lowest BCUT2D eigenvalue weighted by Gasteiger charge is -2.44. The van der Waals surface area contributed by atoms with Crippen molar-refractivity contribution >= 4 is 0 Å². The van der Waals surface area contributed by atoms with Gasteiger partial charge in [-0.1, -0.05) is 6.07 Å². The molecule has 0 spiro atoms. The Balaban J connectivity index is 3.69. The fraction of sp³-hybridized carbons (Fsp3) is 0.643. The van der Waals surface area contributed by atoms with Crippen LogP contribution in [0, 0.1) is 0 Å². The number of pyridine rings is 1. The van der Waals surface area contributed by atoms with Gasteiger partial charge in [-0.05, 0) is 13.0 Å². The van der Waals surface area contributed by atoms with Crippen LogP contribution in [0.15, 0.2) is 24.5 Å². The molecule has 1 unspecified atom stereocenters. The van der Waals surface area contributed by atoms with E-state index in [1.54, 1.807) is 0 Å². The van der Waals surface area contributed by atoms with E-state index < -0.39 is 52.9 Å². The molecule has 0 bridgehead atoms. The monoisotopic (exact) mass is 491 g/mol. The molecule has 0 aliphatic carbocycles. The van der Waals surface area contributed by atoms with Crippen LogP contribution in [-0.4, -0.2) is 51.8 Å². The molecule has 0 saturated heterocycles. The fourth-order valence-electron chi connectivity index (χ4n) is 2.10. The minimum absolute atomic E-state index is 0.146. The number of aromatic nitrogens is 1. The van der Waals surface area contributed by atoms with Gasteiger partial charge in [0.25, 0.3) is 0 Å². The van der Waals surface area contributed by atoms with Crippen molar-refractivity contribution in [3.05, 3.63) is 30.1 Å². The summed E-state index contributed by atoms with van der Waals surface area (Å²) < 4.78 is 198. The highest BCUT2D eigenvalue weighted by molar-refractivity contribution is 5.25. The van der Waals surface area contributed by atoms with Crippen LogP contribution < -0.4 is 0 Å². The van der Waals surface area contributed by atoms with E-state index in [2.05, 4.69) is 4.98 Å². The number of hydrogen-bond donors (Lipinski definition) is 1.